The Balaban J connectivity index is 1.33. The number of carbonyl (C=O) groups is 2. The summed E-state index contributed by atoms with van der Waals surface area (Å²) < 4.78 is 5.63. The summed E-state index contributed by atoms with van der Waals surface area (Å²) >= 11 is 0. The van der Waals surface area contributed by atoms with Crippen LogP contribution in [0.25, 0.3) is 0 Å². The monoisotopic (exact) mass is 359 g/mol. The van der Waals surface area contributed by atoms with Gasteiger partial charge in [0.05, 0.1) is 6.61 Å². The van der Waals surface area contributed by atoms with Gasteiger partial charge in [0.2, 0.25) is 5.91 Å². The van der Waals surface area contributed by atoms with Gasteiger partial charge in [-0.25, -0.2) is 4.79 Å². The zero-order valence-corrected chi connectivity index (χ0v) is 15.3. The van der Waals surface area contributed by atoms with Gasteiger partial charge in [0.1, 0.15) is 5.75 Å². The predicted molar refractivity (Wildman–Crippen MR) is 100 cm³/mol. The summed E-state index contributed by atoms with van der Waals surface area (Å²) in [4.78, 5) is 25.8. The van der Waals surface area contributed by atoms with Crippen LogP contribution in [0.15, 0.2) is 30.3 Å². The van der Waals surface area contributed by atoms with Crippen molar-refractivity contribution in [1.82, 2.24) is 15.5 Å². The average molecular weight is 359 g/mol. The number of benzene rings is 1. The number of nitrogens with one attached hydrogen (secondary N) is 2. The number of piperidine rings is 1. The average Bonchev–Trinajstić information content (AvgIpc) is 2.85. The molecule has 0 aromatic heterocycles. The fourth-order valence-corrected chi connectivity index (χ4v) is 3.83. The van der Waals surface area contributed by atoms with Gasteiger partial charge in [-0.3, -0.25) is 4.79 Å². The van der Waals surface area contributed by atoms with Crippen molar-refractivity contribution in [3.05, 3.63) is 30.3 Å². The van der Waals surface area contributed by atoms with Crippen LogP contribution in [0.2, 0.25) is 0 Å². The Morgan fingerprint density at radius 1 is 1.15 bits per heavy atom. The van der Waals surface area contributed by atoms with Crippen LogP contribution in [0.5, 0.6) is 5.75 Å². The summed E-state index contributed by atoms with van der Waals surface area (Å²) in [5.41, 5.74) is 0.236. The third kappa shape index (κ3) is 5.13. The Hall–Kier alpha value is -2.24. The highest BCUT2D eigenvalue weighted by atomic mass is 16.5. The third-order valence-corrected chi connectivity index (χ3v) is 5.58. The van der Waals surface area contributed by atoms with Crippen LogP contribution in [0.1, 0.15) is 38.5 Å². The molecule has 6 nitrogen and oxygen atoms in total. The van der Waals surface area contributed by atoms with Crippen molar-refractivity contribution in [3.63, 3.8) is 0 Å². The van der Waals surface area contributed by atoms with Gasteiger partial charge in [0, 0.05) is 32.6 Å². The molecule has 0 radical (unpaired) electrons. The van der Waals surface area contributed by atoms with Crippen LogP contribution in [0.4, 0.5) is 4.79 Å². The number of amides is 3. The number of para-hydroxylation sites is 1. The van der Waals surface area contributed by atoms with Gasteiger partial charge in [-0.15, -0.1) is 0 Å². The van der Waals surface area contributed by atoms with Gasteiger partial charge < -0.3 is 20.3 Å². The lowest BCUT2D eigenvalue weighted by Gasteiger charge is -2.41. The van der Waals surface area contributed by atoms with Gasteiger partial charge >= 0.3 is 6.03 Å². The van der Waals surface area contributed by atoms with E-state index < -0.39 is 0 Å². The molecule has 1 aromatic carbocycles. The van der Waals surface area contributed by atoms with E-state index in [-0.39, 0.29) is 17.4 Å². The maximum atomic E-state index is 12.3. The molecular formula is C20H29N3O3. The highest BCUT2D eigenvalue weighted by molar-refractivity contribution is 5.76. The van der Waals surface area contributed by atoms with Crippen molar-refractivity contribution in [3.8, 4) is 5.75 Å². The molecule has 0 saturated carbocycles. The Morgan fingerprint density at radius 3 is 2.69 bits per heavy atom. The SMILES string of the molecule is O=C1CCC2(CCN1)CCN(C(=O)NCCCOc1ccccc1)CC2. The minimum Gasteiger partial charge on any atom is -0.494 e. The summed E-state index contributed by atoms with van der Waals surface area (Å²) in [5, 5.41) is 5.95. The van der Waals surface area contributed by atoms with E-state index in [9.17, 15) is 9.59 Å². The van der Waals surface area contributed by atoms with Crippen molar-refractivity contribution in [2.75, 3.05) is 32.8 Å². The van der Waals surface area contributed by atoms with E-state index in [1.54, 1.807) is 0 Å². The lowest BCUT2D eigenvalue weighted by molar-refractivity contribution is -0.121. The fraction of sp³-hybridized carbons (Fsp3) is 0.600. The quantitative estimate of drug-likeness (QED) is 0.794. The molecule has 0 aliphatic carbocycles. The van der Waals surface area contributed by atoms with Crippen LogP contribution in [0.3, 0.4) is 0 Å². The zero-order chi connectivity index (χ0) is 18.2. The number of urea groups is 1. The van der Waals surface area contributed by atoms with E-state index in [4.69, 9.17) is 4.74 Å². The molecule has 26 heavy (non-hydrogen) atoms. The first-order valence-electron chi connectivity index (χ1n) is 9.64. The smallest absolute Gasteiger partial charge is 0.317 e. The van der Waals surface area contributed by atoms with Gasteiger partial charge in [-0.05, 0) is 49.7 Å². The Labute approximate surface area is 155 Å². The Morgan fingerprint density at radius 2 is 1.92 bits per heavy atom. The summed E-state index contributed by atoms with van der Waals surface area (Å²) in [6, 6.07) is 9.72. The molecular weight excluding hydrogens is 330 g/mol. The highest BCUT2D eigenvalue weighted by Gasteiger charge is 2.37. The number of ether oxygens (including phenoxy) is 1. The first kappa shape index (κ1) is 18.5. The first-order chi connectivity index (χ1) is 12.7. The first-order valence-corrected chi connectivity index (χ1v) is 9.64. The molecule has 2 aliphatic rings. The lowest BCUT2D eigenvalue weighted by Crippen LogP contribution is -2.47. The third-order valence-electron chi connectivity index (χ3n) is 5.58. The Kier molecular flexibility index (Phi) is 6.36. The molecule has 2 fully saturated rings. The predicted octanol–water partition coefficient (Wildman–Crippen LogP) is 2.55. The molecule has 1 aromatic rings. The van der Waals surface area contributed by atoms with Crippen molar-refractivity contribution in [1.29, 1.82) is 0 Å². The second kappa shape index (κ2) is 8.92. The van der Waals surface area contributed by atoms with E-state index in [1.165, 1.54) is 0 Å². The molecule has 3 amide bonds. The van der Waals surface area contributed by atoms with Crippen LogP contribution < -0.4 is 15.4 Å². The number of carbonyl (C=O) groups excluding carboxylic acids is 2. The van der Waals surface area contributed by atoms with Gasteiger partial charge in [-0.1, -0.05) is 18.2 Å². The maximum absolute atomic E-state index is 12.3. The fourth-order valence-electron chi connectivity index (χ4n) is 3.83. The number of hydrogen-bond acceptors (Lipinski definition) is 3. The largest absolute Gasteiger partial charge is 0.494 e. The van der Waals surface area contributed by atoms with Crippen LogP contribution in [-0.2, 0) is 4.79 Å². The molecule has 2 heterocycles. The molecule has 3 rings (SSSR count). The van der Waals surface area contributed by atoms with Crippen LogP contribution in [-0.4, -0.2) is 49.6 Å². The van der Waals surface area contributed by atoms with E-state index in [2.05, 4.69) is 10.6 Å². The second-order valence-electron chi connectivity index (χ2n) is 7.33. The van der Waals surface area contributed by atoms with Gasteiger partial charge in [0.25, 0.3) is 0 Å². The number of likely N-dealkylation sites (tertiary alicyclic amines) is 1. The normalized spacial score (nSPS) is 19.5. The minimum absolute atomic E-state index is 0.0161. The minimum atomic E-state index is 0.0161. The molecule has 2 aliphatic heterocycles. The van der Waals surface area contributed by atoms with Gasteiger partial charge in [0.15, 0.2) is 0 Å². The van der Waals surface area contributed by atoms with E-state index >= 15 is 0 Å². The molecule has 0 atom stereocenters. The number of rotatable bonds is 5. The molecule has 1 spiro atoms. The zero-order valence-electron chi connectivity index (χ0n) is 15.3. The van der Waals surface area contributed by atoms with Crippen molar-refractivity contribution in [2.24, 2.45) is 5.41 Å². The highest BCUT2D eigenvalue weighted by Crippen LogP contribution is 2.40. The summed E-state index contributed by atoms with van der Waals surface area (Å²) in [6.45, 7) is 3.54. The second-order valence-corrected chi connectivity index (χ2v) is 7.33. The van der Waals surface area contributed by atoms with Crippen LogP contribution in [0, 0.1) is 5.41 Å². The van der Waals surface area contributed by atoms with E-state index in [0.29, 0.717) is 19.6 Å². The molecule has 6 heteroatoms. The number of nitrogens with zero attached hydrogens (tertiary/aromatic N) is 1. The van der Waals surface area contributed by atoms with Gasteiger partial charge in [-0.2, -0.15) is 0 Å². The standard InChI is InChI=1S/C20H29N3O3/c24-18-7-8-20(9-13-21-18)10-14-23(15-11-20)19(25)22-12-4-16-26-17-5-2-1-3-6-17/h1-3,5-6H,4,7-16H2,(H,21,24)(H,22,25). The topological polar surface area (TPSA) is 70.7 Å². The molecule has 2 saturated heterocycles. The summed E-state index contributed by atoms with van der Waals surface area (Å²) in [5.74, 6) is 1.02. The molecule has 142 valence electrons. The van der Waals surface area contributed by atoms with Crippen molar-refractivity contribution in [2.45, 2.75) is 38.5 Å². The van der Waals surface area contributed by atoms with Crippen molar-refractivity contribution >= 4 is 11.9 Å². The maximum Gasteiger partial charge on any atom is 0.317 e. The summed E-state index contributed by atoms with van der Waals surface area (Å²) in [7, 11) is 0. The van der Waals surface area contributed by atoms with Crippen LogP contribution >= 0.6 is 0 Å². The summed E-state index contributed by atoms with van der Waals surface area (Å²) in [6.07, 6.45) is 5.37. The molecule has 2 N–H and O–H groups in total. The molecule has 0 unspecified atom stereocenters. The van der Waals surface area contributed by atoms with E-state index in [1.807, 2.05) is 35.2 Å². The lowest BCUT2D eigenvalue weighted by atomic mass is 9.73. The van der Waals surface area contributed by atoms with Crippen molar-refractivity contribution < 1.29 is 14.3 Å². The Bertz CT molecular complexity index is 598. The number of hydrogen-bond donors (Lipinski definition) is 2. The molecule has 0 bridgehead atoms. The van der Waals surface area contributed by atoms with E-state index in [0.717, 1.165) is 57.5 Å².